The molecular weight excluding hydrogens is 193 g/mol. The first-order chi connectivity index (χ1) is 7.15. The standard InChI is InChI=1S/C12H18FNO/c1-9(2)10(8-15)7-14-12-6-4-3-5-11(12)13/h3-6,9-10,14-15H,7-8H2,1-2H3. The molecule has 3 heteroatoms. The number of anilines is 1. The lowest BCUT2D eigenvalue weighted by Gasteiger charge is -2.19. The number of para-hydroxylation sites is 1. The van der Waals surface area contributed by atoms with Gasteiger partial charge in [0.2, 0.25) is 0 Å². The lowest BCUT2D eigenvalue weighted by atomic mass is 9.97. The average Bonchev–Trinajstić information content (AvgIpc) is 2.21. The molecular formula is C12H18FNO. The SMILES string of the molecule is CC(C)C(CO)CNc1ccccc1F. The molecule has 0 spiro atoms. The van der Waals surface area contributed by atoms with Gasteiger partial charge < -0.3 is 10.4 Å². The highest BCUT2D eigenvalue weighted by Gasteiger charge is 2.12. The van der Waals surface area contributed by atoms with Crippen LogP contribution in [0.2, 0.25) is 0 Å². The molecule has 1 aromatic carbocycles. The van der Waals surface area contributed by atoms with Gasteiger partial charge in [0.05, 0.1) is 5.69 Å². The van der Waals surface area contributed by atoms with E-state index in [0.717, 1.165) is 0 Å². The summed E-state index contributed by atoms with van der Waals surface area (Å²) in [5.41, 5.74) is 0.497. The molecule has 0 saturated heterocycles. The first kappa shape index (κ1) is 12.0. The van der Waals surface area contributed by atoms with Crippen molar-refractivity contribution in [2.24, 2.45) is 11.8 Å². The highest BCUT2D eigenvalue weighted by atomic mass is 19.1. The van der Waals surface area contributed by atoms with E-state index in [1.165, 1.54) is 6.07 Å². The van der Waals surface area contributed by atoms with Crippen LogP contribution in [0, 0.1) is 17.7 Å². The molecule has 0 saturated carbocycles. The number of nitrogens with one attached hydrogen (secondary N) is 1. The number of halogens is 1. The molecule has 0 amide bonds. The molecule has 15 heavy (non-hydrogen) atoms. The predicted octanol–water partition coefficient (Wildman–Crippen LogP) is 2.50. The molecule has 2 N–H and O–H groups in total. The maximum absolute atomic E-state index is 13.2. The number of hydrogen-bond donors (Lipinski definition) is 2. The first-order valence-electron chi connectivity index (χ1n) is 5.24. The second-order valence-corrected chi connectivity index (χ2v) is 4.05. The maximum Gasteiger partial charge on any atom is 0.146 e. The van der Waals surface area contributed by atoms with E-state index in [9.17, 15) is 4.39 Å². The Hall–Kier alpha value is -1.09. The maximum atomic E-state index is 13.2. The van der Waals surface area contributed by atoms with Gasteiger partial charge in [0.1, 0.15) is 5.82 Å². The summed E-state index contributed by atoms with van der Waals surface area (Å²) >= 11 is 0. The fourth-order valence-corrected chi connectivity index (χ4v) is 1.36. The van der Waals surface area contributed by atoms with E-state index in [2.05, 4.69) is 5.32 Å². The minimum absolute atomic E-state index is 0.124. The zero-order valence-corrected chi connectivity index (χ0v) is 9.20. The molecule has 1 atom stereocenters. The topological polar surface area (TPSA) is 32.3 Å². The fourth-order valence-electron chi connectivity index (χ4n) is 1.36. The Morgan fingerprint density at radius 2 is 2.00 bits per heavy atom. The van der Waals surface area contributed by atoms with Crippen molar-refractivity contribution in [2.45, 2.75) is 13.8 Å². The third-order valence-corrected chi connectivity index (χ3v) is 2.61. The molecule has 0 heterocycles. The first-order valence-corrected chi connectivity index (χ1v) is 5.24. The molecule has 0 aliphatic heterocycles. The Bertz CT molecular complexity index is 301. The average molecular weight is 211 g/mol. The molecule has 84 valence electrons. The molecule has 1 rings (SSSR count). The quantitative estimate of drug-likeness (QED) is 0.784. The van der Waals surface area contributed by atoms with E-state index in [4.69, 9.17) is 5.11 Å². The molecule has 0 radical (unpaired) electrons. The van der Waals surface area contributed by atoms with Gasteiger partial charge in [-0.1, -0.05) is 26.0 Å². The summed E-state index contributed by atoms with van der Waals surface area (Å²) in [5, 5.41) is 12.1. The summed E-state index contributed by atoms with van der Waals surface area (Å²) in [5.74, 6) is 0.289. The van der Waals surface area contributed by atoms with Crippen molar-refractivity contribution in [3.8, 4) is 0 Å². The fraction of sp³-hybridized carbons (Fsp3) is 0.500. The number of aliphatic hydroxyl groups excluding tert-OH is 1. The van der Waals surface area contributed by atoms with Crippen LogP contribution in [0.5, 0.6) is 0 Å². The molecule has 0 aliphatic rings. The molecule has 1 aromatic rings. The number of rotatable bonds is 5. The summed E-state index contributed by atoms with van der Waals surface area (Å²) in [6.07, 6.45) is 0. The van der Waals surface area contributed by atoms with Gasteiger partial charge in [-0.2, -0.15) is 0 Å². The Balaban J connectivity index is 2.53. The van der Waals surface area contributed by atoms with Gasteiger partial charge in [-0.05, 0) is 18.1 Å². The molecule has 2 nitrogen and oxygen atoms in total. The second kappa shape index (κ2) is 5.71. The van der Waals surface area contributed by atoms with Crippen LogP contribution < -0.4 is 5.32 Å². The van der Waals surface area contributed by atoms with Crippen LogP contribution in [0.15, 0.2) is 24.3 Å². The van der Waals surface area contributed by atoms with Crippen molar-refractivity contribution < 1.29 is 9.50 Å². The lowest BCUT2D eigenvalue weighted by Crippen LogP contribution is -2.23. The highest BCUT2D eigenvalue weighted by Crippen LogP contribution is 2.15. The Morgan fingerprint density at radius 1 is 1.33 bits per heavy atom. The van der Waals surface area contributed by atoms with Crippen LogP contribution in [-0.4, -0.2) is 18.3 Å². The van der Waals surface area contributed by atoms with Crippen molar-refractivity contribution in [1.82, 2.24) is 0 Å². The van der Waals surface area contributed by atoms with Gasteiger partial charge in [0.15, 0.2) is 0 Å². The number of aliphatic hydroxyl groups is 1. The zero-order valence-electron chi connectivity index (χ0n) is 9.20. The van der Waals surface area contributed by atoms with Crippen LogP contribution in [0.25, 0.3) is 0 Å². The van der Waals surface area contributed by atoms with Crippen molar-refractivity contribution in [1.29, 1.82) is 0 Å². The van der Waals surface area contributed by atoms with Crippen LogP contribution in [0.1, 0.15) is 13.8 Å². The smallest absolute Gasteiger partial charge is 0.146 e. The van der Waals surface area contributed by atoms with E-state index in [1.54, 1.807) is 18.2 Å². The van der Waals surface area contributed by atoms with Gasteiger partial charge in [0.25, 0.3) is 0 Å². The summed E-state index contributed by atoms with van der Waals surface area (Å²) in [6, 6.07) is 6.57. The second-order valence-electron chi connectivity index (χ2n) is 4.05. The van der Waals surface area contributed by atoms with Gasteiger partial charge in [-0.3, -0.25) is 0 Å². The van der Waals surface area contributed by atoms with Crippen LogP contribution in [-0.2, 0) is 0 Å². The molecule has 0 bridgehead atoms. The minimum Gasteiger partial charge on any atom is -0.396 e. The van der Waals surface area contributed by atoms with Crippen molar-refractivity contribution in [3.05, 3.63) is 30.1 Å². The van der Waals surface area contributed by atoms with E-state index in [-0.39, 0.29) is 18.3 Å². The van der Waals surface area contributed by atoms with E-state index in [1.807, 2.05) is 13.8 Å². The largest absolute Gasteiger partial charge is 0.396 e. The molecule has 1 unspecified atom stereocenters. The van der Waals surface area contributed by atoms with E-state index < -0.39 is 0 Å². The molecule has 0 aliphatic carbocycles. The normalized spacial score (nSPS) is 12.9. The third kappa shape index (κ3) is 3.51. The van der Waals surface area contributed by atoms with Gasteiger partial charge in [-0.25, -0.2) is 4.39 Å². The van der Waals surface area contributed by atoms with Gasteiger partial charge >= 0.3 is 0 Å². The number of hydrogen-bond acceptors (Lipinski definition) is 2. The van der Waals surface area contributed by atoms with Crippen LogP contribution in [0.3, 0.4) is 0 Å². The third-order valence-electron chi connectivity index (χ3n) is 2.61. The van der Waals surface area contributed by atoms with Gasteiger partial charge in [-0.15, -0.1) is 0 Å². The molecule has 0 fully saturated rings. The van der Waals surface area contributed by atoms with Crippen molar-refractivity contribution in [3.63, 3.8) is 0 Å². The summed E-state index contributed by atoms with van der Waals surface area (Å²) < 4.78 is 13.2. The Morgan fingerprint density at radius 3 is 2.53 bits per heavy atom. The Kier molecular flexibility index (Phi) is 4.56. The predicted molar refractivity (Wildman–Crippen MR) is 60.3 cm³/mol. The summed E-state index contributed by atoms with van der Waals surface area (Å²) in [4.78, 5) is 0. The molecule has 0 aromatic heterocycles. The van der Waals surface area contributed by atoms with Crippen LogP contribution in [0.4, 0.5) is 10.1 Å². The summed E-state index contributed by atoms with van der Waals surface area (Å²) in [7, 11) is 0. The van der Waals surface area contributed by atoms with Crippen molar-refractivity contribution in [2.75, 3.05) is 18.5 Å². The monoisotopic (exact) mass is 211 g/mol. The van der Waals surface area contributed by atoms with E-state index >= 15 is 0 Å². The van der Waals surface area contributed by atoms with Crippen molar-refractivity contribution >= 4 is 5.69 Å². The highest BCUT2D eigenvalue weighted by molar-refractivity contribution is 5.44. The Labute approximate surface area is 90.1 Å². The summed E-state index contributed by atoms with van der Waals surface area (Å²) in [6.45, 7) is 4.81. The number of benzene rings is 1. The van der Waals surface area contributed by atoms with Crippen LogP contribution >= 0.6 is 0 Å². The zero-order chi connectivity index (χ0) is 11.3. The van der Waals surface area contributed by atoms with E-state index in [0.29, 0.717) is 18.2 Å². The lowest BCUT2D eigenvalue weighted by molar-refractivity contribution is 0.198. The minimum atomic E-state index is -0.252. The van der Waals surface area contributed by atoms with Gasteiger partial charge in [0, 0.05) is 19.1 Å².